The Kier molecular flexibility index (Phi) is 3.57. The molecule has 2 rings (SSSR count). The van der Waals surface area contributed by atoms with E-state index in [1.165, 1.54) is 12.2 Å². The standard InChI is InChI=1S/C14H7N2O2/c17-9-15-12-5-3-4-11(8-12)13-6-1-2-7-14(13)16-10-18/h1-3,5-8H. The molecule has 4 nitrogen and oxygen atoms in total. The molecule has 0 aliphatic rings. The van der Waals surface area contributed by atoms with E-state index in [4.69, 9.17) is 0 Å². The number of benzene rings is 2. The van der Waals surface area contributed by atoms with Crippen LogP contribution in [0.3, 0.4) is 0 Å². The third-order valence-electron chi connectivity index (χ3n) is 2.32. The van der Waals surface area contributed by atoms with Crippen LogP contribution in [-0.4, -0.2) is 12.2 Å². The molecule has 2 aromatic rings. The summed E-state index contributed by atoms with van der Waals surface area (Å²) in [6.07, 6.45) is 2.99. The van der Waals surface area contributed by atoms with Crippen molar-refractivity contribution >= 4 is 23.5 Å². The largest absolute Gasteiger partial charge is 0.240 e. The highest BCUT2D eigenvalue weighted by Gasteiger charge is 2.04. The highest BCUT2D eigenvalue weighted by Crippen LogP contribution is 2.31. The van der Waals surface area contributed by atoms with Crippen molar-refractivity contribution in [2.24, 2.45) is 9.98 Å². The van der Waals surface area contributed by atoms with Crippen LogP contribution in [0, 0.1) is 6.07 Å². The Labute approximate surface area is 103 Å². The summed E-state index contributed by atoms with van der Waals surface area (Å²) in [6, 6.07) is 15.1. The molecule has 85 valence electrons. The Hall–Kier alpha value is -2.80. The van der Waals surface area contributed by atoms with Crippen molar-refractivity contribution in [1.82, 2.24) is 0 Å². The molecule has 0 unspecified atom stereocenters. The molecule has 0 N–H and O–H groups in total. The van der Waals surface area contributed by atoms with Gasteiger partial charge in [0.05, 0.1) is 11.4 Å². The van der Waals surface area contributed by atoms with E-state index in [1.54, 1.807) is 36.4 Å². The van der Waals surface area contributed by atoms with Crippen molar-refractivity contribution in [2.45, 2.75) is 0 Å². The second-order valence-corrected chi connectivity index (χ2v) is 3.38. The molecule has 2 aromatic carbocycles. The molecule has 0 spiro atoms. The molecule has 0 amide bonds. The van der Waals surface area contributed by atoms with Gasteiger partial charge in [0.15, 0.2) is 0 Å². The van der Waals surface area contributed by atoms with Crippen LogP contribution in [0.25, 0.3) is 11.1 Å². The molecule has 18 heavy (non-hydrogen) atoms. The molecule has 1 radical (unpaired) electrons. The first kappa shape index (κ1) is 11.7. The van der Waals surface area contributed by atoms with Crippen molar-refractivity contribution in [3.8, 4) is 11.1 Å². The van der Waals surface area contributed by atoms with Crippen LogP contribution in [0.4, 0.5) is 11.4 Å². The van der Waals surface area contributed by atoms with Crippen LogP contribution >= 0.6 is 0 Å². The minimum atomic E-state index is 0.476. The van der Waals surface area contributed by atoms with E-state index >= 15 is 0 Å². The van der Waals surface area contributed by atoms with E-state index in [2.05, 4.69) is 16.1 Å². The van der Waals surface area contributed by atoms with Gasteiger partial charge in [-0.3, -0.25) is 0 Å². The Bertz CT molecular complexity index is 667. The predicted octanol–water partition coefficient (Wildman–Crippen LogP) is 3.09. The van der Waals surface area contributed by atoms with Gasteiger partial charge in [-0.05, 0) is 29.8 Å². The van der Waals surface area contributed by atoms with Gasteiger partial charge in [-0.2, -0.15) is 9.98 Å². The second-order valence-electron chi connectivity index (χ2n) is 3.38. The number of aliphatic imine (C=N–C) groups is 2. The quantitative estimate of drug-likeness (QED) is 0.606. The van der Waals surface area contributed by atoms with Crippen molar-refractivity contribution in [3.05, 3.63) is 48.5 Å². The smallest absolute Gasteiger partial charge is 0.211 e. The predicted molar refractivity (Wildman–Crippen MR) is 66.3 cm³/mol. The van der Waals surface area contributed by atoms with Gasteiger partial charge in [0.1, 0.15) is 0 Å². The Morgan fingerprint density at radius 1 is 1.00 bits per heavy atom. The van der Waals surface area contributed by atoms with Gasteiger partial charge < -0.3 is 0 Å². The van der Waals surface area contributed by atoms with Gasteiger partial charge in [-0.25, -0.2) is 9.59 Å². The molecule has 0 fully saturated rings. The minimum Gasteiger partial charge on any atom is -0.211 e. The number of para-hydroxylation sites is 1. The summed E-state index contributed by atoms with van der Waals surface area (Å²) in [5.74, 6) is 0. The minimum absolute atomic E-state index is 0.476. The van der Waals surface area contributed by atoms with Crippen molar-refractivity contribution in [1.29, 1.82) is 0 Å². The van der Waals surface area contributed by atoms with Crippen LogP contribution in [0.2, 0.25) is 0 Å². The molecule has 0 atom stereocenters. The summed E-state index contributed by atoms with van der Waals surface area (Å²) >= 11 is 0. The topological polar surface area (TPSA) is 58.9 Å². The van der Waals surface area contributed by atoms with Crippen molar-refractivity contribution in [2.75, 3.05) is 0 Å². The van der Waals surface area contributed by atoms with Crippen molar-refractivity contribution < 1.29 is 9.59 Å². The molecule has 0 saturated heterocycles. The van der Waals surface area contributed by atoms with Crippen LogP contribution in [0.5, 0.6) is 0 Å². The summed E-state index contributed by atoms with van der Waals surface area (Å²) in [4.78, 5) is 27.7. The average Bonchev–Trinajstić information content (AvgIpc) is 2.40. The number of nitrogens with zero attached hydrogens (tertiary/aromatic N) is 2. The number of hydrogen-bond donors (Lipinski definition) is 0. The normalized spacial score (nSPS) is 9.11. The van der Waals surface area contributed by atoms with Crippen LogP contribution in [0.15, 0.2) is 52.4 Å². The maximum Gasteiger partial charge on any atom is 0.240 e. The van der Waals surface area contributed by atoms with Gasteiger partial charge in [0.2, 0.25) is 12.2 Å². The van der Waals surface area contributed by atoms with E-state index in [1.807, 2.05) is 6.07 Å². The first-order valence-corrected chi connectivity index (χ1v) is 5.12. The molecule has 0 aliphatic heterocycles. The highest BCUT2D eigenvalue weighted by atomic mass is 16.1. The summed E-state index contributed by atoms with van der Waals surface area (Å²) in [5.41, 5.74) is 2.39. The van der Waals surface area contributed by atoms with Crippen LogP contribution in [-0.2, 0) is 9.59 Å². The van der Waals surface area contributed by atoms with E-state index in [9.17, 15) is 9.59 Å². The summed E-state index contributed by atoms with van der Waals surface area (Å²) < 4.78 is 0. The number of isocyanates is 2. The van der Waals surface area contributed by atoms with E-state index in [0.29, 0.717) is 16.9 Å². The van der Waals surface area contributed by atoms with Gasteiger partial charge in [-0.1, -0.05) is 24.3 Å². The van der Waals surface area contributed by atoms with Crippen LogP contribution in [0.1, 0.15) is 0 Å². The highest BCUT2D eigenvalue weighted by molar-refractivity contribution is 5.78. The maximum absolute atomic E-state index is 10.4. The Morgan fingerprint density at radius 2 is 1.78 bits per heavy atom. The van der Waals surface area contributed by atoms with E-state index < -0.39 is 0 Å². The Balaban J connectivity index is 2.58. The fraction of sp³-hybridized carbons (Fsp3) is 0. The van der Waals surface area contributed by atoms with Gasteiger partial charge in [-0.15, -0.1) is 0 Å². The fourth-order valence-corrected chi connectivity index (χ4v) is 1.58. The molecular weight excluding hydrogens is 228 g/mol. The second kappa shape index (κ2) is 5.51. The molecule has 0 heterocycles. The van der Waals surface area contributed by atoms with E-state index in [0.717, 1.165) is 5.56 Å². The van der Waals surface area contributed by atoms with Crippen LogP contribution < -0.4 is 0 Å². The van der Waals surface area contributed by atoms with Gasteiger partial charge >= 0.3 is 0 Å². The number of carbonyl (C=O) groups excluding carboxylic acids is 2. The summed E-state index contributed by atoms with van der Waals surface area (Å²) in [5, 5.41) is 0. The maximum atomic E-state index is 10.4. The first-order valence-electron chi connectivity index (χ1n) is 5.12. The Morgan fingerprint density at radius 3 is 2.56 bits per heavy atom. The first-order chi connectivity index (χ1) is 8.85. The van der Waals surface area contributed by atoms with Gasteiger partial charge in [0.25, 0.3) is 0 Å². The zero-order valence-corrected chi connectivity index (χ0v) is 9.25. The van der Waals surface area contributed by atoms with E-state index in [-0.39, 0.29) is 0 Å². The molecular formula is C14H7N2O2. The lowest BCUT2D eigenvalue weighted by atomic mass is 10.0. The number of hydrogen-bond acceptors (Lipinski definition) is 4. The number of rotatable bonds is 3. The summed E-state index contributed by atoms with van der Waals surface area (Å²) in [6.45, 7) is 0. The SMILES string of the molecule is O=C=Nc1cc[c]c(-c2ccccc2N=C=O)c1. The third-order valence-corrected chi connectivity index (χ3v) is 2.32. The zero-order valence-electron chi connectivity index (χ0n) is 9.25. The molecule has 0 bridgehead atoms. The molecule has 4 heteroatoms. The molecule has 0 aromatic heterocycles. The average molecular weight is 235 g/mol. The lowest BCUT2D eigenvalue weighted by Gasteiger charge is -2.04. The fourth-order valence-electron chi connectivity index (χ4n) is 1.58. The molecule has 0 aliphatic carbocycles. The molecule has 0 saturated carbocycles. The van der Waals surface area contributed by atoms with Crippen molar-refractivity contribution in [3.63, 3.8) is 0 Å². The lowest BCUT2D eigenvalue weighted by molar-refractivity contribution is 0.564. The summed E-state index contributed by atoms with van der Waals surface area (Å²) in [7, 11) is 0. The third kappa shape index (κ3) is 2.47. The lowest BCUT2D eigenvalue weighted by Crippen LogP contribution is -1.79. The monoisotopic (exact) mass is 235 g/mol. The zero-order chi connectivity index (χ0) is 12.8. The van der Waals surface area contributed by atoms with Gasteiger partial charge in [0, 0.05) is 5.56 Å².